The maximum atomic E-state index is 7.46. The highest BCUT2D eigenvalue weighted by Crippen LogP contribution is 2.89. The van der Waals surface area contributed by atoms with Gasteiger partial charge in [-0.15, -0.1) is 0 Å². The summed E-state index contributed by atoms with van der Waals surface area (Å²) in [7, 11) is 0. The quantitative estimate of drug-likeness (QED) is 0.175. The molecule has 1 heterocycles. The largest absolute Gasteiger partial charge is 0.454 e. The SMILES string of the molecule is CC1(C)CCC(C)(C)c2cc(N(c3ccc(-c4ccccc4)cc3)c3cccc4c3Oc3cc(-c5ccccc5)ccc3C43C4CC5CC6CC3C64C5)ccc21. The van der Waals surface area contributed by atoms with Gasteiger partial charge in [-0.05, 0) is 148 Å². The fraction of sp³-hybridized carbons (Fsp3) is 0.333. The van der Waals surface area contributed by atoms with Crippen molar-refractivity contribution in [1.82, 2.24) is 0 Å². The first kappa shape index (κ1) is 33.1. The van der Waals surface area contributed by atoms with Crippen molar-refractivity contribution < 1.29 is 4.74 Å². The van der Waals surface area contributed by atoms with E-state index in [-0.39, 0.29) is 16.2 Å². The van der Waals surface area contributed by atoms with Crippen molar-refractivity contribution in [2.24, 2.45) is 29.1 Å². The van der Waals surface area contributed by atoms with Gasteiger partial charge in [-0.3, -0.25) is 0 Å². The van der Waals surface area contributed by atoms with Gasteiger partial charge in [-0.25, -0.2) is 0 Å². The molecule has 0 aromatic heterocycles. The monoisotopic (exact) mass is 729 g/mol. The minimum absolute atomic E-state index is 0.00941. The lowest BCUT2D eigenvalue weighted by atomic mass is 9.26. The third-order valence-electron chi connectivity index (χ3n) is 16.3. The lowest BCUT2D eigenvalue weighted by Crippen LogP contribution is -2.74. The van der Waals surface area contributed by atoms with Crippen molar-refractivity contribution in [3.63, 3.8) is 0 Å². The summed E-state index contributed by atoms with van der Waals surface area (Å²) in [5, 5.41) is 0. The highest BCUT2D eigenvalue weighted by Gasteiger charge is 2.84. The van der Waals surface area contributed by atoms with Crippen molar-refractivity contribution in [2.45, 2.75) is 82.5 Å². The van der Waals surface area contributed by atoms with Gasteiger partial charge < -0.3 is 9.64 Å². The summed E-state index contributed by atoms with van der Waals surface area (Å²) in [6, 6.07) is 52.5. The van der Waals surface area contributed by atoms with E-state index in [0.29, 0.717) is 17.3 Å². The summed E-state index contributed by atoms with van der Waals surface area (Å²) in [5.41, 5.74) is 15.0. The summed E-state index contributed by atoms with van der Waals surface area (Å²) in [6.07, 6.45) is 8.01. The predicted octanol–water partition coefficient (Wildman–Crippen LogP) is 14.3. The van der Waals surface area contributed by atoms with Crippen molar-refractivity contribution in [3.8, 4) is 33.8 Å². The van der Waals surface area contributed by atoms with Gasteiger partial charge in [0.25, 0.3) is 0 Å². The number of fused-ring (bicyclic) bond motifs is 8. The Bertz CT molecular complexity index is 2550. The van der Waals surface area contributed by atoms with E-state index in [9.17, 15) is 0 Å². The molecule has 1 aliphatic heterocycles. The van der Waals surface area contributed by atoms with Crippen LogP contribution in [0.15, 0.2) is 140 Å². The highest BCUT2D eigenvalue weighted by molar-refractivity contribution is 5.85. The number of rotatable bonds is 5. The first-order valence-electron chi connectivity index (χ1n) is 21.3. The van der Waals surface area contributed by atoms with Crippen LogP contribution in [0.5, 0.6) is 11.5 Å². The van der Waals surface area contributed by atoms with E-state index >= 15 is 0 Å². The Labute approximate surface area is 332 Å². The molecule has 6 atom stereocenters. The van der Waals surface area contributed by atoms with Gasteiger partial charge in [0, 0.05) is 27.9 Å². The van der Waals surface area contributed by atoms with E-state index in [4.69, 9.17) is 4.74 Å². The van der Waals surface area contributed by atoms with Gasteiger partial charge >= 0.3 is 0 Å². The molecule has 0 N–H and O–H groups in total. The van der Waals surface area contributed by atoms with Gasteiger partial charge in [0.05, 0.1) is 5.69 Å². The third kappa shape index (κ3) is 4.23. The molecule has 6 aromatic rings. The van der Waals surface area contributed by atoms with E-state index in [1.807, 2.05) is 0 Å². The second-order valence-corrected chi connectivity index (χ2v) is 19.6. The van der Waals surface area contributed by atoms with E-state index in [2.05, 4.69) is 172 Å². The summed E-state index contributed by atoms with van der Waals surface area (Å²) in [5.74, 6) is 5.28. The first-order valence-corrected chi connectivity index (χ1v) is 21.3. The van der Waals surface area contributed by atoms with Crippen LogP contribution in [0.3, 0.4) is 0 Å². The average Bonchev–Trinajstić information content (AvgIpc) is 3.76. The molecule has 0 saturated heterocycles. The van der Waals surface area contributed by atoms with Gasteiger partial charge in [-0.1, -0.05) is 131 Å². The Morgan fingerprint density at radius 3 is 1.88 bits per heavy atom. The van der Waals surface area contributed by atoms with Crippen LogP contribution in [0.4, 0.5) is 17.1 Å². The standard InChI is InChI=1S/C54H51NO/c1-51(2)26-27-52(3,4)45-32-41(23-25-42(45)51)55(40-21-18-37(19-22-40)35-12-7-5-8-13-35)46-17-11-16-44-50(46)56-47-30-38(36-14-9-6-10-15-36)20-24-43(47)54(44)48-29-34-28-39-31-49(54)53(39,48)33-34/h5-25,30,32,34,39,48-49H,26-29,31,33H2,1-4H3. The molecule has 2 bridgehead atoms. The molecule has 2 nitrogen and oxygen atoms in total. The summed E-state index contributed by atoms with van der Waals surface area (Å²) >= 11 is 0. The van der Waals surface area contributed by atoms with Crippen LogP contribution in [0.25, 0.3) is 22.3 Å². The van der Waals surface area contributed by atoms with Gasteiger partial charge in [0.15, 0.2) is 5.75 Å². The molecule has 4 fully saturated rings. The Balaban J connectivity index is 1.08. The van der Waals surface area contributed by atoms with Crippen molar-refractivity contribution in [1.29, 1.82) is 0 Å². The Kier molecular flexibility index (Phi) is 6.67. The highest BCUT2D eigenvalue weighted by atomic mass is 16.5. The number of ether oxygens (including phenoxy) is 1. The summed E-state index contributed by atoms with van der Waals surface area (Å²) < 4.78 is 7.46. The molecule has 56 heavy (non-hydrogen) atoms. The molecule has 0 radical (unpaired) electrons. The van der Waals surface area contributed by atoms with Crippen LogP contribution < -0.4 is 9.64 Å². The second kappa shape index (κ2) is 11.3. The number of hydrogen-bond donors (Lipinski definition) is 0. The Hall–Kier alpha value is -5.08. The van der Waals surface area contributed by atoms with Crippen LogP contribution in [0.1, 0.15) is 88.5 Å². The van der Waals surface area contributed by atoms with Crippen LogP contribution in [-0.2, 0) is 16.2 Å². The van der Waals surface area contributed by atoms with Crippen molar-refractivity contribution >= 4 is 17.1 Å². The number of anilines is 3. The van der Waals surface area contributed by atoms with Crippen molar-refractivity contribution in [3.05, 3.63) is 162 Å². The second-order valence-electron chi connectivity index (χ2n) is 19.6. The number of hydrogen-bond acceptors (Lipinski definition) is 2. The zero-order valence-corrected chi connectivity index (χ0v) is 33.2. The molecule has 0 amide bonds. The molecule has 6 aliphatic rings. The van der Waals surface area contributed by atoms with E-state index in [0.717, 1.165) is 34.7 Å². The van der Waals surface area contributed by atoms with Gasteiger partial charge in [0.2, 0.25) is 0 Å². The minimum atomic E-state index is -0.00941. The third-order valence-corrected chi connectivity index (χ3v) is 16.3. The van der Waals surface area contributed by atoms with Crippen LogP contribution in [-0.4, -0.2) is 0 Å². The van der Waals surface area contributed by atoms with Gasteiger partial charge in [-0.2, -0.15) is 0 Å². The predicted molar refractivity (Wildman–Crippen MR) is 229 cm³/mol. The summed E-state index contributed by atoms with van der Waals surface area (Å²) in [6.45, 7) is 9.73. The van der Waals surface area contributed by atoms with Gasteiger partial charge in [0.1, 0.15) is 5.75 Å². The fourth-order valence-electron chi connectivity index (χ4n) is 13.7. The van der Waals surface area contributed by atoms with Crippen LogP contribution >= 0.6 is 0 Å². The van der Waals surface area contributed by atoms with Crippen LogP contribution in [0.2, 0.25) is 0 Å². The smallest absolute Gasteiger partial charge is 0.155 e. The van der Waals surface area contributed by atoms with E-state index < -0.39 is 0 Å². The molecule has 4 saturated carbocycles. The van der Waals surface area contributed by atoms with Crippen LogP contribution in [0, 0.1) is 29.1 Å². The Morgan fingerprint density at radius 2 is 1.14 bits per heavy atom. The lowest BCUT2D eigenvalue weighted by molar-refractivity contribution is -0.235. The molecular weight excluding hydrogens is 679 g/mol. The molecule has 5 aliphatic carbocycles. The molecule has 6 unspecified atom stereocenters. The normalized spacial score (nSPS) is 28.9. The number of benzene rings is 6. The Morgan fingerprint density at radius 1 is 0.518 bits per heavy atom. The maximum Gasteiger partial charge on any atom is 0.155 e. The zero-order valence-electron chi connectivity index (χ0n) is 33.2. The molecule has 6 aromatic carbocycles. The molecule has 12 rings (SSSR count). The molecular formula is C54H51NO. The number of para-hydroxylation sites is 1. The topological polar surface area (TPSA) is 12.5 Å². The first-order chi connectivity index (χ1) is 27.2. The lowest BCUT2D eigenvalue weighted by Gasteiger charge is -2.77. The van der Waals surface area contributed by atoms with Crippen molar-refractivity contribution in [2.75, 3.05) is 4.90 Å². The molecule has 2 heteroatoms. The molecule has 2 spiro atoms. The number of nitrogens with zero attached hydrogens (tertiary/aromatic N) is 1. The fourth-order valence-corrected chi connectivity index (χ4v) is 13.7. The molecule has 278 valence electrons. The summed E-state index contributed by atoms with van der Waals surface area (Å²) in [4.78, 5) is 2.52. The van der Waals surface area contributed by atoms with E-state index in [1.165, 1.54) is 88.7 Å². The minimum Gasteiger partial charge on any atom is -0.454 e. The van der Waals surface area contributed by atoms with E-state index in [1.54, 1.807) is 0 Å². The maximum absolute atomic E-state index is 7.46. The zero-order chi connectivity index (χ0) is 37.6. The average molecular weight is 730 g/mol.